The highest BCUT2D eigenvalue weighted by atomic mass is 35.5. The number of halogens is 1. The van der Waals surface area contributed by atoms with Gasteiger partial charge in [-0.3, -0.25) is 0 Å². The summed E-state index contributed by atoms with van der Waals surface area (Å²) < 4.78 is 5.14. The van der Waals surface area contributed by atoms with Gasteiger partial charge in [0.2, 0.25) is 0 Å². The smallest absolute Gasteiger partial charge is 0.258 e. The summed E-state index contributed by atoms with van der Waals surface area (Å²) in [7, 11) is 0. The molecule has 0 saturated heterocycles. The monoisotopic (exact) mass is 222 g/mol. The van der Waals surface area contributed by atoms with Crippen LogP contribution in [0.4, 0.5) is 0 Å². The van der Waals surface area contributed by atoms with Crippen molar-refractivity contribution in [1.29, 1.82) is 0 Å². The quantitative estimate of drug-likeness (QED) is 0.750. The molecular weight excluding hydrogens is 212 g/mol. The van der Waals surface area contributed by atoms with Crippen LogP contribution < -0.4 is 0 Å². The van der Waals surface area contributed by atoms with Crippen molar-refractivity contribution < 1.29 is 4.52 Å². The zero-order valence-corrected chi connectivity index (χ0v) is 9.16. The molecule has 0 atom stereocenters. The van der Waals surface area contributed by atoms with Crippen LogP contribution >= 0.6 is 11.6 Å². The number of aromatic nitrogens is 2. The molecule has 3 nitrogen and oxygen atoms in total. The number of benzene rings is 1. The lowest BCUT2D eigenvalue weighted by molar-refractivity contribution is 0.424. The van der Waals surface area contributed by atoms with E-state index in [-0.39, 0.29) is 5.88 Å². The van der Waals surface area contributed by atoms with Gasteiger partial charge in [0.1, 0.15) is 0 Å². The fraction of sp³-hybridized carbons (Fsp3) is 0.273. The summed E-state index contributed by atoms with van der Waals surface area (Å²) in [5.41, 5.74) is 2.19. The Balaban J connectivity index is 2.44. The number of nitrogens with zero attached hydrogens (tertiary/aromatic N) is 2. The minimum absolute atomic E-state index is 0.276. The Kier molecular flexibility index (Phi) is 3.02. The molecule has 0 saturated carbocycles. The second-order valence-electron chi connectivity index (χ2n) is 3.16. The van der Waals surface area contributed by atoms with Crippen molar-refractivity contribution in [2.24, 2.45) is 0 Å². The number of aryl methyl sites for hydroxylation is 1. The molecule has 0 radical (unpaired) electrons. The van der Waals surface area contributed by atoms with Crippen LogP contribution in [-0.4, -0.2) is 10.1 Å². The summed E-state index contributed by atoms with van der Waals surface area (Å²) >= 11 is 5.62. The summed E-state index contributed by atoms with van der Waals surface area (Å²) in [6.45, 7) is 2.09. The Morgan fingerprint density at radius 1 is 1.33 bits per heavy atom. The molecule has 1 aromatic carbocycles. The van der Waals surface area contributed by atoms with Crippen LogP contribution in [0.2, 0.25) is 0 Å². The molecule has 0 N–H and O–H groups in total. The highest BCUT2D eigenvalue weighted by Gasteiger charge is 2.10. The summed E-state index contributed by atoms with van der Waals surface area (Å²) in [6.07, 6.45) is 0.939. The van der Waals surface area contributed by atoms with Gasteiger partial charge in [-0.2, -0.15) is 4.98 Å². The van der Waals surface area contributed by atoms with Crippen molar-refractivity contribution >= 4 is 11.6 Å². The predicted molar refractivity (Wildman–Crippen MR) is 58.7 cm³/mol. The summed E-state index contributed by atoms with van der Waals surface area (Å²) in [6, 6.07) is 7.99. The number of rotatable bonds is 3. The minimum Gasteiger partial charge on any atom is -0.334 e. The number of hydrogen-bond donors (Lipinski definition) is 0. The highest BCUT2D eigenvalue weighted by molar-refractivity contribution is 6.16. The molecular formula is C11H11ClN2O. The van der Waals surface area contributed by atoms with Crippen molar-refractivity contribution in [3.05, 3.63) is 35.7 Å². The summed E-state index contributed by atoms with van der Waals surface area (Å²) in [4.78, 5) is 4.20. The molecule has 2 aromatic rings. The topological polar surface area (TPSA) is 38.9 Å². The Morgan fingerprint density at radius 2 is 2.13 bits per heavy atom. The van der Waals surface area contributed by atoms with E-state index in [0.717, 1.165) is 12.0 Å². The van der Waals surface area contributed by atoms with E-state index in [2.05, 4.69) is 23.1 Å². The molecule has 0 aliphatic carbocycles. The van der Waals surface area contributed by atoms with Gasteiger partial charge in [0, 0.05) is 5.56 Å². The van der Waals surface area contributed by atoms with Crippen molar-refractivity contribution in [2.45, 2.75) is 19.2 Å². The van der Waals surface area contributed by atoms with E-state index in [0.29, 0.717) is 11.7 Å². The molecule has 2 rings (SSSR count). The highest BCUT2D eigenvalue weighted by Crippen LogP contribution is 2.22. The van der Waals surface area contributed by atoms with Gasteiger partial charge in [-0.1, -0.05) is 30.3 Å². The minimum atomic E-state index is 0.276. The molecule has 78 valence electrons. The molecule has 0 fully saturated rings. The first kappa shape index (κ1) is 10.2. The normalized spacial score (nSPS) is 10.5. The Bertz CT molecular complexity index is 453. The zero-order chi connectivity index (χ0) is 10.7. The fourth-order valence-corrected chi connectivity index (χ4v) is 1.56. The largest absolute Gasteiger partial charge is 0.334 e. The summed E-state index contributed by atoms with van der Waals surface area (Å²) in [5.74, 6) is 1.35. The standard InChI is InChI=1S/C11H11ClN2O/c1-2-8-5-3-4-6-9(8)11-13-10(7-12)14-15-11/h3-6H,2,7H2,1H3. The van der Waals surface area contributed by atoms with Gasteiger partial charge in [-0.05, 0) is 18.1 Å². The average molecular weight is 223 g/mol. The van der Waals surface area contributed by atoms with E-state index >= 15 is 0 Å². The lowest BCUT2D eigenvalue weighted by Crippen LogP contribution is -1.87. The number of alkyl halides is 1. The van der Waals surface area contributed by atoms with Gasteiger partial charge in [-0.25, -0.2) is 0 Å². The summed E-state index contributed by atoms with van der Waals surface area (Å²) in [5, 5.41) is 3.77. The average Bonchev–Trinajstić information content (AvgIpc) is 2.77. The van der Waals surface area contributed by atoms with Crippen LogP contribution in [-0.2, 0) is 12.3 Å². The molecule has 15 heavy (non-hydrogen) atoms. The van der Waals surface area contributed by atoms with E-state index in [4.69, 9.17) is 16.1 Å². The maximum Gasteiger partial charge on any atom is 0.258 e. The van der Waals surface area contributed by atoms with E-state index in [1.165, 1.54) is 5.56 Å². The first-order valence-corrected chi connectivity index (χ1v) is 5.35. The van der Waals surface area contributed by atoms with Gasteiger partial charge < -0.3 is 4.52 Å². The fourth-order valence-electron chi connectivity index (χ4n) is 1.45. The maximum atomic E-state index is 5.62. The van der Waals surface area contributed by atoms with Gasteiger partial charge >= 0.3 is 0 Å². The molecule has 0 bridgehead atoms. The van der Waals surface area contributed by atoms with Gasteiger partial charge in [0.25, 0.3) is 5.89 Å². The second-order valence-corrected chi connectivity index (χ2v) is 3.43. The van der Waals surface area contributed by atoms with E-state index in [9.17, 15) is 0 Å². The maximum absolute atomic E-state index is 5.62. The van der Waals surface area contributed by atoms with Crippen molar-refractivity contribution in [2.75, 3.05) is 0 Å². The third-order valence-electron chi connectivity index (χ3n) is 2.22. The van der Waals surface area contributed by atoms with E-state index in [1.54, 1.807) is 0 Å². The third-order valence-corrected chi connectivity index (χ3v) is 2.46. The molecule has 0 aliphatic rings. The first-order chi connectivity index (χ1) is 7.35. The second kappa shape index (κ2) is 4.45. The number of hydrogen-bond acceptors (Lipinski definition) is 3. The third kappa shape index (κ3) is 2.02. The van der Waals surface area contributed by atoms with Gasteiger partial charge in [0.15, 0.2) is 5.82 Å². The van der Waals surface area contributed by atoms with Crippen LogP contribution in [0.25, 0.3) is 11.5 Å². The van der Waals surface area contributed by atoms with Crippen LogP contribution in [0, 0.1) is 0 Å². The van der Waals surface area contributed by atoms with Gasteiger partial charge in [0.05, 0.1) is 5.88 Å². The molecule has 0 unspecified atom stereocenters. The molecule has 0 spiro atoms. The Labute approximate surface area is 93.1 Å². The first-order valence-electron chi connectivity index (χ1n) is 4.82. The van der Waals surface area contributed by atoms with Crippen LogP contribution in [0.1, 0.15) is 18.3 Å². The van der Waals surface area contributed by atoms with Crippen LogP contribution in [0.5, 0.6) is 0 Å². The molecule has 1 heterocycles. The van der Waals surface area contributed by atoms with Crippen molar-refractivity contribution in [3.63, 3.8) is 0 Å². The van der Waals surface area contributed by atoms with Crippen LogP contribution in [0.15, 0.2) is 28.8 Å². The van der Waals surface area contributed by atoms with Gasteiger partial charge in [-0.15, -0.1) is 11.6 Å². The van der Waals surface area contributed by atoms with Crippen LogP contribution in [0.3, 0.4) is 0 Å². The SMILES string of the molecule is CCc1ccccc1-c1nc(CCl)no1. The molecule has 0 aliphatic heterocycles. The van der Waals surface area contributed by atoms with E-state index in [1.807, 2.05) is 18.2 Å². The lowest BCUT2D eigenvalue weighted by Gasteiger charge is -2.01. The Hall–Kier alpha value is -1.35. The van der Waals surface area contributed by atoms with Crippen molar-refractivity contribution in [1.82, 2.24) is 10.1 Å². The zero-order valence-electron chi connectivity index (χ0n) is 8.40. The van der Waals surface area contributed by atoms with E-state index < -0.39 is 0 Å². The lowest BCUT2D eigenvalue weighted by atomic mass is 10.1. The molecule has 0 amide bonds. The Morgan fingerprint density at radius 3 is 2.80 bits per heavy atom. The molecule has 1 aromatic heterocycles. The molecule has 4 heteroatoms. The predicted octanol–water partition coefficient (Wildman–Crippen LogP) is 3.04. The van der Waals surface area contributed by atoms with Crippen molar-refractivity contribution in [3.8, 4) is 11.5 Å².